The van der Waals surface area contributed by atoms with Crippen molar-refractivity contribution in [3.63, 3.8) is 0 Å². The Bertz CT molecular complexity index is 587. The normalized spacial score (nSPS) is 10.3. The molecule has 0 unspecified atom stereocenters. The minimum atomic E-state index is 0.535. The summed E-state index contributed by atoms with van der Waals surface area (Å²) in [5.74, 6) is 1.91. The van der Waals surface area contributed by atoms with E-state index < -0.39 is 0 Å². The van der Waals surface area contributed by atoms with E-state index in [0.29, 0.717) is 16.7 Å². The monoisotopic (exact) mass is 277 g/mol. The van der Waals surface area contributed by atoms with Crippen molar-refractivity contribution in [1.29, 1.82) is 0 Å². The van der Waals surface area contributed by atoms with Crippen molar-refractivity contribution < 1.29 is 4.74 Å². The van der Waals surface area contributed by atoms with Crippen LogP contribution in [0.1, 0.15) is 18.1 Å². The van der Waals surface area contributed by atoms with E-state index in [4.69, 9.17) is 16.3 Å². The standard InChI is InChI=1S/C14H16ClN3O/c1-4-10-13(16-3)17-8-18-14(10)19-12-6-5-9(2)7-11(12)15/h5-8H,4H2,1-3H3,(H,16,17,18). The van der Waals surface area contributed by atoms with Crippen LogP contribution < -0.4 is 10.1 Å². The van der Waals surface area contributed by atoms with Crippen LogP contribution in [0.3, 0.4) is 0 Å². The van der Waals surface area contributed by atoms with Crippen LogP contribution in [0.5, 0.6) is 11.6 Å². The third kappa shape index (κ3) is 2.96. The lowest BCUT2D eigenvalue weighted by Gasteiger charge is -2.12. The molecule has 100 valence electrons. The van der Waals surface area contributed by atoms with E-state index in [0.717, 1.165) is 23.4 Å². The SMILES string of the molecule is CCc1c(NC)ncnc1Oc1ccc(C)cc1Cl. The minimum absolute atomic E-state index is 0.535. The lowest BCUT2D eigenvalue weighted by molar-refractivity contribution is 0.455. The van der Waals surface area contributed by atoms with Gasteiger partial charge in [0, 0.05) is 7.05 Å². The third-order valence-corrected chi connectivity index (χ3v) is 3.09. The van der Waals surface area contributed by atoms with E-state index in [9.17, 15) is 0 Å². The molecule has 1 heterocycles. The maximum atomic E-state index is 6.16. The number of hydrogen-bond acceptors (Lipinski definition) is 4. The van der Waals surface area contributed by atoms with Crippen LogP contribution in [0, 0.1) is 6.92 Å². The molecule has 0 amide bonds. The maximum Gasteiger partial charge on any atom is 0.227 e. The predicted octanol–water partition coefficient (Wildman–Crippen LogP) is 3.83. The van der Waals surface area contributed by atoms with Crippen molar-refractivity contribution in [1.82, 2.24) is 9.97 Å². The fourth-order valence-electron chi connectivity index (χ4n) is 1.81. The highest BCUT2D eigenvalue weighted by molar-refractivity contribution is 6.32. The molecule has 0 fully saturated rings. The summed E-state index contributed by atoms with van der Waals surface area (Å²) < 4.78 is 5.81. The topological polar surface area (TPSA) is 47.0 Å². The number of nitrogens with one attached hydrogen (secondary N) is 1. The second kappa shape index (κ2) is 5.89. The third-order valence-electron chi connectivity index (χ3n) is 2.79. The predicted molar refractivity (Wildman–Crippen MR) is 77.2 cm³/mol. The molecule has 0 aliphatic carbocycles. The smallest absolute Gasteiger partial charge is 0.227 e. The van der Waals surface area contributed by atoms with E-state index in [2.05, 4.69) is 15.3 Å². The van der Waals surface area contributed by atoms with Crippen LogP contribution in [0.25, 0.3) is 0 Å². The van der Waals surface area contributed by atoms with E-state index in [-0.39, 0.29) is 0 Å². The summed E-state index contributed by atoms with van der Waals surface area (Å²) in [7, 11) is 1.82. The summed E-state index contributed by atoms with van der Waals surface area (Å²) in [4.78, 5) is 8.36. The minimum Gasteiger partial charge on any atom is -0.437 e. The summed E-state index contributed by atoms with van der Waals surface area (Å²) in [6, 6.07) is 5.66. The van der Waals surface area contributed by atoms with Gasteiger partial charge in [0.1, 0.15) is 17.9 Å². The Morgan fingerprint density at radius 3 is 2.74 bits per heavy atom. The largest absolute Gasteiger partial charge is 0.437 e. The van der Waals surface area contributed by atoms with Gasteiger partial charge in [0.15, 0.2) is 0 Å². The second-order valence-corrected chi connectivity index (χ2v) is 4.55. The average Bonchev–Trinajstić information content (AvgIpc) is 2.41. The first-order chi connectivity index (χ1) is 9.15. The Hall–Kier alpha value is -1.81. The molecule has 0 bridgehead atoms. The number of aromatic nitrogens is 2. The fourth-order valence-corrected chi connectivity index (χ4v) is 2.08. The molecule has 0 spiro atoms. The highest BCUT2D eigenvalue weighted by Crippen LogP contribution is 2.32. The van der Waals surface area contributed by atoms with Gasteiger partial charge in [-0.2, -0.15) is 0 Å². The van der Waals surface area contributed by atoms with E-state index in [1.54, 1.807) is 0 Å². The van der Waals surface area contributed by atoms with Gasteiger partial charge in [-0.3, -0.25) is 0 Å². The van der Waals surface area contributed by atoms with Gasteiger partial charge >= 0.3 is 0 Å². The Labute approximate surface area is 117 Å². The van der Waals surface area contributed by atoms with Crippen molar-refractivity contribution in [3.05, 3.63) is 40.7 Å². The van der Waals surface area contributed by atoms with Crippen LogP contribution in [0.15, 0.2) is 24.5 Å². The average molecular weight is 278 g/mol. The first kappa shape index (κ1) is 13.6. The molecule has 19 heavy (non-hydrogen) atoms. The molecule has 4 nitrogen and oxygen atoms in total. The molecule has 2 aromatic rings. The molecule has 5 heteroatoms. The number of halogens is 1. The zero-order chi connectivity index (χ0) is 13.8. The van der Waals surface area contributed by atoms with Gasteiger partial charge in [-0.05, 0) is 31.0 Å². The molecule has 0 radical (unpaired) electrons. The van der Waals surface area contributed by atoms with Gasteiger partial charge in [0.2, 0.25) is 5.88 Å². The summed E-state index contributed by atoms with van der Waals surface area (Å²) >= 11 is 6.16. The Kier molecular flexibility index (Phi) is 4.22. The van der Waals surface area contributed by atoms with Gasteiger partial charge in [0.25, 0.3) is 0 Å². The molecule has 1 aromatic carbocycles. The molecule has 0 atom stereocenters. The quantitative estimate of drug-likeness (QED) is 0.922. The molecule has 2 rings (SSSR count). The molecular weight excluding hydrogens is 262 g/mol. The zero-order valence-electron chi connectivity index (χ0n) is 11.2. The van der Waals surface area contributed by atoms with Crippen molar-refractivity contribution >= 4 is 17.4 Å². The van der Waals surface area contributed by atoms with Crippen LogP contribution in [-0.2, 0) is 6.42 Å². The van der Waals surface area contributed by atoms with E-state index in [1.807, 2.05) is 39.1 Å². The summed E-state index contributed by atoms with van der Waals surface area (Å²) in [6.07, 6.45) is 2.25. The van der Waals surface area contributed by atoms with Gasteiger partial charge in [-0.15, -0.1) is 0 Å². The number of nitrogens with zero attached hydrogens (tertiary/aromatic N) is 2. The summed E-state index contributed by atoms with van der Waals surface area (Å²) in [6.45, 7) is 4.01. The van der Waals surface area contributed by atoms with Gasteiger partial charge in [-0.1, -0.05) is 24.6 Å². The number of aryl methyl sites for hydroxylation is 1. The van der Waals surface area contributed by atoms with Crippen LogP contribution in [-0.4, -0.2) is 17.0 Å². The first-order valence-electron chi connectivity index (χ1n) is 6.11. The molecule has 0 saturated carbocycles. The zero-order valence-corrected chi connectivity index (χ0v) is 12.0. The molecule has 0 aliphatic heterocycles. The number of anilines is 1. The first-order valence-corrected chi connectivity index (χ1v) is 6.49. The second-order valence-electron chi connectivity index (χ2n) is 4.15. The molecule has 1 aromatic heterocycles. The lowest BCUT2D eigenvalue weighted by atomic mass is 10.2. The van der Waals surface area contributed by atoms with Gasteiger partial charge in [-0.25, -0.2) is 9.97 Å². The molecule has 0 aliphatic rings. The van der Waals surface area contributed by atoms with Crippen LogP contribution in [0.2, 0.25) is 5.02 Å². The van der Waals surface area contributed by atoms with Crippen molar-refractivity contribution in [2.75, 3.05) is 12.4 Å². The Morgan fingerprint density at radius 1 is 1.32 bits per heavy atom. The van der Waals surface area contributed by atoms with Crippen LogP contribution in [0.4, 0.5) is 5.82 Å². The summed E-state index contributed by atoms with van der Waals surface area (Å²) in [5, 5.41) is 3.61. The highest BCUT2D eigenvalue weighted by Gasteiger charge is 2.12. The van der Waals surface area contributed by atoms with Crippen molar-refractivity contribution in [2.24, 2.45) is 0 Å². The number of hydrogen-bond donors (Lipinski definition) is 1. The molecule has 1 N–H and O–H groups in total. The Balaban J connectivity index is 2.37. The highest BCUT2D eigenvalue weighted by atomic mass is 35.5. The fraction of sp³-hybridized carbons (Fsp3) is 0.286. The maximum absolute atomic E-state index is 6.16. The summed E-state index contributed by atoms with van der Waals surface area (Å²) in [5.41, 5.74) is 2.02. The molecular formula is C14H16ClN3O. The van der Waals surface area contributed by atoms with Gasteiger partial charge < -0.3 is 10.1 Å². The number of rotatable bonds is 4. The van der Waals surface area contributed by atoms with Gasteiger partial charge in [0.05, 0.1) is 10.6 Å². The van der Waals surface area contributed by atoms with Crippen molar-refractivity contribution in [3.8, 4) is 11.6 Å². The number of benzene rings is 1. The van der Waals surface area contributed by atoms with E-state index >= 15 is 0 Å². The van der Waals surface area contributed by atoms with Crippen LogP contribution >= 0.6 is 11.6 Å². The Morgan fingerprint density at radius 2 is 2.11 bits per heavy atom. The van der Waals surface area contributed by atoms with Crippen molar-refractivity contribution in [2.45, 2.75) is 20.3 Å². The van der Waals surface area contributed by atoms with E-state index in [1.165, 1.54) is 6.33 Å². The molecule has 0 saturated heterocycles. The lowest BCUT2D eigenvalue weighted by Crippen LogP contribution is -2.02. The number of ether oxygens (including phenoxy) is 1.